The van der Waals surface area contributed by atoms with Gasteiger partial charge in [-0.25, -0.2) is 4.39 Å². The van der Waals surface area contributed by atoms with E-state index in [2.05, 4.69) is 0 Å². The Morgan fingerprint density at radius 1 is 1.35 bits per heavy atom. The first-order valence-corrected chi connectivity index (χ1v) is 5.66. The minimum absolute atomic E-state index is 0.164. The van der Waals surface area contributed by atoms with Gasteiger partial charge in [0, 0.05) is 0 Å². The lowest BCUT2D eigenvalue weighted by molar-refractivity contribution is -0.144. The van der Waals surface area contributed by atoms with Gasteiger partial charge in [-0.2, -0.15) is 0 Å². The molecule has 0 heterocycles. The summed E-state index contributed by atoms with van der Waals surface area (Å²) in [7, 11) is 0. The van der Waals surface area contributed by atoms with Crippen LogP contribution in [0.3, 0.4) is 0 Å². The van der Waals surface area contributed by atoms with Gasteiger partial charge in [0.25, 0.3) is 0 Å². The molecule has 0 bridgehead atoms. The van der Waals surface area contributed by atoms with Crippen LogP contribution in [0.5, 0.6) is 0 Å². The van der Waals surface area contributed by atoms with Gasteiger partial charge in [-0.15, -0.1) is 11.6 Å². The van der Waals surface area contributed by atoms with Crippen molar-refractivity contribution in [2.75, 3.05) is 13.2 Å². The summed E-state index contributed by atoms with van der Waals surface area (Å²) in [5.41, 5.74) is 0.864. The fourth-order valence-corrected chi connectivity index (χ4v) is 1.15. The van der Waals surface area contributed by atoms with Crippen molar-refractivity contribution in [2.24, 2.45) is 0 Å². The fourth-order valence-electron chi connectivity index (χ4n) is 1.09. The Balaban J connectivity index is 2.12. The van der Waals surface area contributed by atoms with Crippen LogP contribution in [0.4, 0.5) is 4.39 Å². The van der Waals surface area contributed by atoms with E-state index in [4.69, 9.17) is 21.1 Å². The maximum Gasteiger partial charge on any atom is 0.323 e. The third-order valence-electron chi connectivity index (χ3n) is 1.98. The zero-order valence-electron chi connectivity index (χ0n) is 9.49. The van der Waals surface area contributed by atoms with Crippen molar-refractivity contribution in [1.82, 2.24) is 0 Å². The second-order valence-electron chi connectivity index (χ2n) is 3.46. The minimum Gasteiger partial charge on any atom is -0.462 e. The van der Waals surface area contributed by atoms with Gasteiger partial charge in [-0.3, -0.25) is 4.79 Å². The first-order valence-electron chi connectivity index (χ1n) is 5.22. The Labute approximate surface area is 104 Å². The van der Waals surface area contributed by atoms with Crippen molar-refractivity contribution in [2.45, 2.75) is 18.9 Å². The van der Waals surface area contributed by atoms with Gasteiger partial charge in [0.15, 0.2) is 0 Å². The van der Waals surface area contributed by atoms with Crippen LogP contribution in [-0.4, -0.2) is 24.6 Å². The Hall–Kier alpha value is -1.13. The lowest BCUT2D eigenvalue weighted by Gasteiger charge is -2.07. The third-order valence-corrected chi connectivity index (χ3v) is 2.16. The molecule has 3 nitrogen and oxygen atoms in total. The van der Waals surface area contributed by atoms with Crippen LogP contribution < -0.4 is 0 Å². The molecule has 0 aliphatic rings. The van der Waals surface area contributed by atoms with Crippen molar-refractivity contribution in [1.29, 1.82) is 0 Å². The highest BCUT2D eigenvalue weighted by Crippen LogP contribution is 2.04. The van der Waals surface area contributed by atoms with Crippen LogP contribution in [0.15, 0.2) is 24.3 Å². The van der Waals surface area contributed by atoms with E-state index in [9.17, 15) is 9.18 Å². The molecule has 1 rings (SSSR count). The van der Waals surface area contributed by atoms with Crippen LogP contribution in [0, 0.1) is 5.82 Å². The summed E-state index contributed by atoms with van der Waals surface area (Å²) in [6.07, 6.45) is 0. The van der Waals surface area contributed by atoms with Gasteiger partial charge in [0.1, 0.15) is 17.8 Å². The number of rotatable bonds is 6. The second-order valence-corrected chi connectivity index (χ2v) is 4.12. The molecule has 0 fully saturated rings. The summed E-state index contributed by atoms with van der Waals surface area (Å²) in [5.74, 6) is -0.740. The number of hydrogen-bond acceptors (Lipinski definition) is 3. The number of esters is 1. The lowest BCUT2D eigenvalue weighted by Crippen LogP contribution is -2.17. The number of hydrogen-bond donors (Lipinski definition) is 0. The predicted octanol–water partition coefficient (Wildman–Crippen LogP) is 2.51. The number of ether oxygens (including phenoxy) is 2. The fraction of sp³-hybridized carbons (Fsp3) is 0.417. The lowest BCUT2D eigenvalue weighted by atomic mass is 10.2. The van der Waals surface area contributed by atoms with Gasteiger partial charge >= 0.3 is 5.97 Å². The Kier molecular flexibility index (Phi) is 5.94. The van der Waals surface area contributed by atoms with Crippen LogP contribution in [0.2, 0.25) is 0 Å². The first kappa shape index (κ1) is 13.9. The zero-order valence-corrected chi connectivity index (χ0v) is 10.2. The Morgan fingerprint density at radius 2 is 2.00 bits per heavy atom. The second kappa shape index (κ2) is 7.25. The smallest absolute Gasteiger partial charge is 0.323 e. The van der Waals surface area contributed by atoms with Crippen LogP contribution in [0.1, 0.15) is 12.5 Å². The quantitative estimate of drug-likeness (QED) is 0.448. The van der Waals surface area contributed by atoms with E-state index in [0.717, 1.165) is 5.56 Å². The van der Waals surface area contributed by atoms with Crippen LogP contribution in [-0.2, 0) is 20.9 Å². The van der Waals surface area contributed by atoms with E-state index in [0.29, 0.717) is 6.61 Å². The van der Waals surface area contributed by atoms with Gasteiger partial charge in [-0.05, 0) is 24.6 Å². The minimum atomic E-state index is -0.646. The van der Waals surface area contributed by atoms with E-state index in [1.165, 1.54) is 12.1 Å². The van der Waals surface area contributed by atoms with Gasteiger partial charge < -0.3 is 9.47 Å². The number of halogens is 2. The summed E-state index contributed by atoms with van der Waals surface area (Å²) in [4.78, 5) is 11.0. The predicted molar refractivity (Wildman–Crippen MR) is 62.3 cm³/mol. The number of carbonyl (C=O) groups excluding carboxylic acids is 1. The summed E-state index contributed by atoms with van der Waals surface area (Å²) >= 11 is 5.50. The third kappa shape index (κ3) is 5.65. The molecule has 0 saturated heterocycles. The highest BCUT2D eigenvalue weighted by atomic mass is 35.5. The molecule has 0 saturated carbocycles. The standard InChI is InChI=1S/C12H14ClFO3/c1-9(13)12(15)17-7-6-16-8-10-2-4-11(14)5-3-10/h2-5,9H,6-8H2,1H3. The monoisotopic (exact) mass is 260 g/mol. The van der Waals surface area contributed by atoms with Crippen molar-refractivity contribution in [3.05, 3.63) is 35.6 Å². The highest BCUT2D eigenvalue weighted by molar-refractivity contribution is 6.29. The van der Waals surface area contributed by atoms with Crippen LogP contribution in [0.25, 0.3) is 0 Å². The molecule has 17 heavy (non-hydrogen) atoms. The molecule has 1 atom stereocenters. The van der Waals surface area contributed by atoms with Crippen molar-refractivity contribution < 1.29 is 18.7 Å². The molecule has 0 amide bonds. The molecular weight excluding hydrogens is 247 g/mol. The average molecular weight is 261 g/mol. The van der Waals surface area contributed by atoms with E-state index >= 15 is 0 Å². The van der Waals surface area contributed by atoms with Gasteiger partial charge in [0.2, 0.25) is 0 Å². The normalized spacial score (nSPS) is 12.2. The maximum atomic E-state index is 12.6. The largest absolute Gasteiger partial charge is 0.462 e. The van der Waals surface area contributed by atoms with E-state index in [1.807, 2.05) is 0 Å². The van der Waals surface area contributed by atoms with Crippen molar-refractivity contribution in [3.8, 4) is 0 Å². The summed E-state index contributed by atoms with van der Waals surface area (Å²) < 4.78 is 22.6. The van der Waals surface area contributed by atoms with E-state index in [1.54, 1.807) is 19.1 Å². The molecule has 0 N–H and O–H groups in total. The molecule has 0 aliphatic heterocycles. The summed E-state index contributed by atoms with van der Waals surface area (Å²) in [6, 6.07) is 6.02. The Bertz CT molecular complexity index is 351. The molecule has 1 aromatic rings. The molecule has 0 spiro atoms. The molecule has 1 aromatic carbocycles. The number of carbonyl (C=O) groups is 1. The van der Waals surface area contributed by atoms with Gasteiger partial charge in [0.05, 0.1) is 13.2 Å². The molecule has 94 valence electrons. The molecular formula is C12H14ClFO3. The molecule has 0 aliphatic carbocycles. The van der Waals surface area contributed by atoms with E-state index < -0.39 is 11.3 Å². The summed E-state index contributed by atoms with van der Waals surface area (Å²) in [5, 5.41) is -0.646. The van der Waals surface area contributed by atoms with E-state index in [-0.39, 0.29) is 19.0 Å². The highest BCUT2D eigenvalue weighted by Gasteiger charge is 2.09. The van der Waals surface area contributed by atoms with Crippen molar-refractivity contribution >= 4 is 17.6 Å². The maximum absolute atomic E-state index is 12.6. The van der Waals surface area contributed by atoms with Gasteiger partial charge in [-0.1, -0.05) is 12.1 Å². The Morgan fingerprint density at radius 3 is 2.59 bits per heavy atom. The topological polar surface area (TPSA) is 35.5 Å². The average Bonchev–Trinajstić information content (AvgIpc) is 2.30. The molecule has 0 aromatic heterocycles. The molecule has 1 unspecified atom stereocenters. The zero-order chi connectivity index (χ0) is 12.7. The number of alkyl halides is 1. The summed E-state index contributed by atoms with van der Waals surface area (Å²) in [6.45, 7) is 2.35. The molecule has 5 heteroatoms. The van der Waals surface area contributed by atoms with Crippen LogP contribution >= 0.6 is 11.6 Å². The number of benzene rings is 1. The SMILES string of the molecule is CC(Cl)C(=O)OCCOCc1ccc(F)cc1. The molecule has 0 radical (unpaired) electrons. The first-order chi connectivity index (χ1) is 8.09. The van der Waals surface area contributed by atoms with Crippen molar-refractivity contribution in [3.63, 3.8) is 0 Å².